The molecule has 1 aromatic rings. The van der Waals surface area contributed by atoms with Crippen molar-refractivity contribution in [3.8, 4) is 0 Å². The Morgan fingerprint density at radius 1 is 1.26 bits per heavy atom. The van der Waals surface area contributed by atoms with E-state index in [1.165, 1.54) is 0 Å². The van der Waals surface area contributed by atoms with E-state index in [0.717, 1.165) is 12.7 Å². The number of halogens is 2. The number of hydrogen-bond acceptors (Lipinski definition) is 3. The molecular weight excluding hydrogens is 309 g/mol. The third-order valence-electron chi connectivity index (χ3n) is 3.39. The summed E-state index contributed by atoms with van der Waals surface area (Å²) in [6, 6.07) is 4.97. The fourth-order valence-corrected chi connectivity index (χ4v) is 3.07. The Morgan fingerprint density at radius 2 is 1.89 bits per heavy atom. The average molecular weight is 322 g/mol. The van der Waals surface area contributed by atoms with E-state index in [2.05, 4.69) is 4.72 Å². The molecule has 7 heteroatoms. The fourth-order valence-electron chi connectivity index (χ4n) is 2.24. The van der Waals surface area contributed by atoms with E-state index in [9.17, 15) is 13.2 Å². The van der Waals surface area contributed by atoms with Crippen LogP contribution in [0.2, 0.25) is 10.0 Å². The Kier molecular flexibility index (Phi) is 3.82. The Bertz CT molecular complexity index is 624. The van der Waals surface area contributed by atoms with Crippen molar-refractivity contribution in [3.05, 3.63) is 33.8 Å². The largest absolute Gasteiger partial charge is 0.273 e. The fraction of sp³-hybridized carbons (Fsp3) is 0.417. The summed E-state index contributed by atoms with van der Waals surface area (Å²) in [4.78, 5) is 12.2. The van der Waals surface area contributed by atoms with Crippen molar-refractivity contribution in [1.82, 2.24) is 4.72 Å². The zero-order chi connectivity index (χ0) is 14.3. The van der Waals surface area contributed by atoms with Crippen LogP contribution in [0, 0.1) is 0 Å². The number of amides is 1. The number of nitrogens with one attached hydrogen (secondary N) is 1. The van der Waals surface area contributed by atoms with Gasteiger partial charge in [0.05, 0.1) is 21.7 Å². The molecule has 1 aromatic carbocycles. The Labute approximate surface area is 122 Å². The van der Waals surface area contributed by atoms with Gasteiger partial charge in [-0.05, 0) is 30.5 Å². The first-order valence-electron chi connectivity index (χ1n) is 5.72. The number of rotatable bonds is 3. The van der Waals surface area contributed by atoms with Crippen molar-refractivity contribution in [1.29, 1.82) is 0 Å². The monoisotopic (exact) mass is 321 g/mol. The topological polar surface area (TPSA) is 63.2 Å². The van der Waals surface area contributed by atoms with E-state index in [4.69, 9.17) is 23.2 Å². The molecule has 4 nitrogen and oxygen atoms in total. The molecule has 104 valence electrons. The molecule has 1 amide bonds. The summed E-state index contributed by atoms with van der Waals surface area (Å²) in [5.74, 6) is -0.500. The predicted octanol–water partition coefficient (Wildman–Crippen LogP) is 2.49. The third-order valence-corrected chi connectivity index (χ3v) is 4.69. The molecule has 2 rings (SSSR count). The second kappa shape index (κ2) is 4.96. The van der Waals surface area contributed by atoms with Crippen molar-refractivity contribution in [2.45, 2.75) is 24.7 Å². The number of sulfonamides is 1. The summed E-state index contributed by atoms with van der Waals surface area (Å²) in [5.41, 5.74) is -0.105. The molecule has 0 aromatic heterocycles. The van der Waals surface area contributed by atoms with Crippen molar-refractivity contribution in [2.24, 2.45) is 0 Å². The second-order valence-electron chi connectivity index (χ2n) is 4.77. The summed E-state index contributed by atoms with van der Waals surface area (Å²) in [6.07, 6.45) is 3.04. The molecule has 0 saturated heterocycles. The van der Waals surface area contributed by atoms with Gasteiger partial charge in [0, 0.05) is 0 Å². The van der Waals surface area contributed by atoms with E-state index in [1.807, 2.05) is 0 Å². The average Bonchev–Trinajstić information content (AvgIpc) is 2.19. The number of hydrogen-bond donors (Lipinski definition) is 1. The summed E-state index contributed by atoms with van der Waals surface area (Å²) in [7, 11) is -3.57. The van der Waals surface area contributed by atoms with E-state index >= 15 is 0 Å². The molecule has 1 aliphatic carbocycles. The zero-order valence-electron chi connectivity index (χ0n) is 10.2. The van der Waals surface area contributed by atoms with Crippen molar-refractivity contribution >= 4 is 39.1 Å². The summed E-state index contributed by atoms with van der Waals surface area (Å²) < 4.78 is 24.5. The zero-order valence-corrected chi connectivity index (χ0v) is 12.6. The standard InChI is InChI=1S/C12H13Cl2NO3S/c1-19(17,18)15-11(16)12(5-2-6-12)8-3-4-9(13)10(14)7-8/h3-4,7H,2,5-6H2,1H3,(H,15,16). The van der Waals surface area contributed by atoms with Crippen LogP contribution in [-0.4, -0.2) is 20.6 Å². The normalized spacial score (nSPS) is 17.6. The Hall–Kier alpha value is -0.780. The number of carbonyl (C=O) groups excluding carboxylic acids is 1. The summed E-state index contributed by atoms with van der Waals surface area (Å²) in [6.45, 7) is 0. The molecule has 0 aliphatic heterocycles. The van der Waals surface area contributed by atoms with Gasteiger partial charge in [0.25, 0.3) is 0 Å². The highest BCUT2D eigenvalue weighted by atomic mass is 35.5. The molecule has 0 radical (unpaired) electrons. The van der Waals surface area contributed by atoms with Gasteiger partial charge in [-0.3, -0.25) is 9.52 Å². The lowest BCUT2D eigenvalue weighted by atomic mass is 9.64. The highest BCUT2D eigenvalue weighted by Crippen LogP contribution is 2.45. The smallest absolute Gasteiger partial charge is 0.244 e. The van der Waals surface area contributed by atoms with E-state index in [0.29, 0.717) is 28.5 Å². The lowest BCUT2D eigenvalue weighted by molar-refractivity contribution is -0.128. The molecule has 1 N–H and O–H groups in total. The van der Waals surface area contributed by atoms with Crippen LogP contribution in [-0.2, 0) is 20.2 Å². The molecule has 1 saturated carbocycles. The maximum Gasteiger partial charge on any atom is 0.244 e. The predicted molar refractivity (Wildman–Crippen MR) is 75.0 cm³/mol. The first kappa shape index (κ1) is 14.6. The van der Waals surface area contributed by atoms with Crippen molar-refractivity contribution in [2.75, 3.05) is 6.26 Å². The molecule has 0 spiro atoms. The van der Waals surface area contributed by atoms with Crippen molar-refractivity contribution < 1.29 is 13.2 Å². The third kappa shape index (κ3) is 2.88. The number of carbonyl (C=O) groups is 1. The number of benzene rings is 1. The van der Waals surface area contributed by atoms with E-state index in [-0.39, 0.29) is 0 Å². The lowest BCUT2D eigenvalue weighted by Gasteiger charge is -2.40. The van der Waals surface area contributed by atoms with Gasteiger partial charge >= 0.3 is 0 Å². The molecule has 0 heterocycles. The molecular formula is C12H13Cl2NO3S. The van der Waals surface area contributed by atoms with Gasteiger partial charge in [-0.15, -0.1) is 0 Å². The van der Waals surface area contributed by atoms with Crippen LogP contribution in [0.5, 0.6) is 0 Å². The lowest BCUT2D eigenvalue weighted by Crippen LogP contribution is -2.50. The first-order chi connectivity index (χ1) is 8.74. The molecule has 0 unspecified atom stereocenters. The van der Waals surface area contributed by atoms with Crippen LogP contribution < -0.4 is 4.72 Å². The molecule has 0 atom stereocenters. The highest BCUT2D eigenvalue weighted by molar-refractivity contribution is 7.89. The SMILES string of the molecule is CS(=O)(=O)NC(=O)C1(c2ccc(Cl)c(Cl)c2)CCC1. The molecule has 19 heavy (non-hydrogen) atoms. The van der Waals surface area contributed by atoms with Gasteiger partial charge in [0.1, 0.15) is 0 Å². The maximum absolute atomic E-state index is 12.2. The van der Waals surface area contributed by atoms with Gasteiger partial charge in [0.15, 0.2) is 0 Å². The van der Waals surface area contributed by atoms with E-state index < -0.39 is 21.3 Å². The van der Waals surface area contributed by atoms with Gasteiger partial charge in [-0.25, -0.2) is 8.42 Å². The quantitative estimate of drug-likeness (QED) is 0.930. The summed E-state index contributed by atoms with van der Waals surface area (Å²) >= 11 is 11.8. The molecule has 1 fully saturated rings. The highest BCUT2D eigenvalue weighted by Gasteiger charge is 2.46. The van der Waals surface area contributed by atoms with Crippen LogP contribution in [0.1, 0.15) is 24.8 Å². The molecule has 0 bridgehead atoms. The maximum atomic E-state index is 12.2. The Balaban J connectivity index is 2.37. The second-order valence-corrected chi connectivity index (χ2v) is 7.33. The van der Waals surface area contributed by atoms with Gasteiger partial charge in [-0.2, -0.15) is 0 Å². The van der Waals surface area contributed by atoms with Crippen molar-refractivity contribution in [3.63, 3.8) is 0 Å². The van der Waals surface area contributed by atoms with E-state index in [1.54, 1.807) is 18.2 Å². The van der Waals surface area contributed by atoms with Gasteiger partial charge < -0.3 is 0 Å². The Morgan fingerprint density at radius 3 is 2.32 bits per heavy atom. The van der Waals surface area contributed by atoms with Crippen LogP contribution in [0.25, 0.3) is 0 Å². The van der Waals surface area contributed by atoms with Crippen LogP contribution in [0.4, 0.5) is 0 Å². The van der Waals surface area contributed by atoms with Crippen LogP contribution >= 0.6 is 23.2 Å². The minimum Gasteiger partial charge on any atom is -0.273 e. The molecule has 1 aliphatic rings. The van der Waals surface area contributed by atoms with Gasteiger partial charge in [-0.1, -0.05) is 35.7 Å². The first-order valence-corrected chi connectivity index (χ1v) is 8.37. The van der Waals surface area contributed by atoms with Gasteiger partial charge in [0.2, 0.25) is 15.9 Å². The minimum absolute atomic E-state index is 0.359. The van der Waals surface area contributed by atoms with Crippen LogP contribution in [0.3, 0.4) is 0 Å². The van der Waals surface area contributed by atoms with Crippen LogP contribution in [0.15, 0.2) is 18.2 Å². The minimum atomic E-state index is -3.57. The summed E-state index contributed by atoms with van der Waals surface area (Å²) in [5, 5.41) is 0.765.